The summed E-state index contributed by atoms with van der Waals surface area (Å²) in [6, 6.07) is 10.5. The molecule has 0 saturated carbocycles. The van der Waals surface area contributed by atoms with Crippen molar-refractivity contribution in [3.05, 3.63) is 54.1 Å². The number of ether oxygens (including phenoxy) is 1. The van der Waals surface area contributed by atoms with Crippen molar-refractivity contribution in [1.82, 2.24) is 5.32 Å². The molecule has 2 N–H and O–H groups in total. The zero-order valence-electron chi connectivity index (χ0n) is 14.3. The average Bonchev–Trinajstić information content (AvgIpc) is 2.62. The summed E-state index contributed by atoms with van der Waals surface area (Å²) in [6.45, 7) is 1.24. The lowest BCUT2D eigenvalue weighted by Gasteiger charge is -2.18. The second kappa shape index (κ2) is 8.01. The molecule has 26 heavy (non-hydrogen) atoms. The number of phenolic OH excluding ortho intramolecular Hbond substituents is 1. The Bertz CT molecular complexity index is 909. The van der Waals surface area contributed by atoms with Gasteiger partial charge in [-0.05, 0) is 29.8 Å². The highest BCUT2D eigenvalue weighted by Gasteiger charge is 2.27. The van der Waals surface area contributed by atoms with Crippen molar-refractivity contribution in [2.45, 2.75) is 29.2 Å². The maximum atomic E-state index is 12.9. The fourth-order valence-corrected chi connectivity index (χ4v) is 4.03. The van der Waals surface area contributed by atoms with E-state index in [-0.39, 0.29) is 27.5 Å². The number of carbonyl (C=O) groups excluding carboxylic acids is 2. The van der Waals surface area contributed by atoms with Crippen molar-refractivity contribution < 1.29 is 27.9 Å². The van der Waals surface area contributed by atoms with E-state index in [9.17, 15) is 23.1 Å². The summed E-state index contributed by atoms with van der Waals surface area (Å²) in [5.74, 6) is -1.37. The average molecular weight is 377 g/mol. The Hall–Kier alpha value is -2.87. The topological polar surface area (TPSA) is 110 Å². The number of rotatable bonds is 6. The third-order valence-electron chi connectivity index (χ3n) is 3.68. The van der Waals surface area contributed by atoms with Gasteiger partial charge < -0.3 is 15.2 Å². The number of phenols is 1. The molecule has 0 aromatic heterocycles. The van der Waals surface area contributed by atoms with Gasteiger partial charge >= 0.3 is 5.97 Å². The van der Waals surface area contributed by atoms with E-state index in [2.05, 4.69) is 10.1 Å². The molecule has 0 bridgehead atoms. The standard InChI is InChI=1S/C18H19NO6S/c1-12(20)19-16(18(22)25-2)10-13-8-9-14(21)11-17(13)26(23,24)15-6-4-3-5-7-15/h3-9,11,16,21H,10H2,1-2H3,(H,19,20)/t16-/m0/s1. The van der Waals surface area contributed by atoms with Crippen LogP contribution in [0.15, 0.2) is 58.3 Å². The molecule has 138 valence electrons. The summed E-state index contributed by atoms with van der Waals surface area (Å²) in [5.41, 5.74) is 0.274. The van der Waals surface area contributed by atoms with E-state index in [1.54, 1.807) is 18.2 Å². The minimum Gasteiger partial charge on any atom is -0.508 e. The lowest BCUT2D eigenvalue weighted by Crippen LogP contribution is -2.42. The number of nitrogens with one attached hydrogen (secondary N) is 1. The molecular formula is C18H19NO6S. The molecule has 0 radical (unpaired) electrons. The van der Waals surface area contributed by atoms with Gasteiger partial charge in [0.05, 0.1) is 16.9 Å². The molecule has 0 aliphatic heterocycles. The normalized spacial score (nSPS) is 12.2. The van der Waals surface area contributed by atoms with Crippen LogP contribution in [0.5, 0.6) is 5.75 Å². The Kier molecular flexibility index (Phi) is 5.99. The zero-order valence-corrected chi connectivity index (χ0v) is 15.1. The van der Waals surface area contributed by atoms with Gasteiger partial charge in [-0.25, -0.2) is 13.2 Å². The van der Waals surface area contributed by atoms with Crippen molar-refractivity contribution in [2.75, 3.05) is 7.11 Å². The van der Waals surface area contributed by atoms with Crippen LogP contribution in [0.1, 0.15) is 12.5 Å². The van der Waals surface area contributed by atoms with Gasteiger partial charge in [0.25, 0.3) is 0 Å². The first-order valence-electron chi connectivity index (χ1n) is 7.72. The lowest BCUT2D eigenvalue weighted by atomic mass is 10.1. The van der Waals surface area contributed by atoms with Crippen LogP contribution in [0.25, 0.3) is 0 Å². The molecule has 8 heteroatoms. The maximum Gasteiger partial charge on any atom is 0.328 e. The van der Waals surface area contributed by atoms with Gasteiger partial charge in [-0.2, -0.15) is 0 Å². The Morgan fingerprint density at radius 1 is 1.15 bits per heavy atom. The molecule has 7 nitrogen and oxygen atoms in total. The quantitative estimate of drug-likeness (QED) is 0.737. The van der Waals surface area contributed by atoms with Gasteiger partial charge in [-0.3, -0.25) is 4.79 Å². The molecule has 2 rings (SSSR count). The number of carbonyl (C=O) groups is 2. The van der Waals surface area contributed by atoms with Crippen LogP contribution < -0.4 is 5.32 Å². The van der Waals surface area contributed by atoms with Crippen molar-refractivity contribution in [2.24, 2.45) is 0 Å². The van der Waals surface area contributed by atoms with Crippen LogP contribution in [0, 0.1) is 0 Å². The first-order chi connectivity index (χ1) is 12.3. The van der Waals surface area contributed by atoms with Crippen LogP contribution in [-0.4, -0.2) is 38.6 Å². The molecule has 0 spiro atoms. The highest BCUT2D eigenvalue weighted by Crippen LogP contribution is 2.28. The van der Waals surface area contributed by atoms with Gasteiger partial charge in [0.15, 0.2) is 0 Å². The Labute approximate surface area is 151 Å². The molecule has 1 amide bonds. The minimum atomic E-state index is -3.92. The predicted octanol–water partition coefficient (Wildman–Crippen LogP) is 1.45. The number of methoxy groups -OCH3 is 1. The number of amides is 1. The molecular weight excluding hydrogens is 358 g/mol. The molecule has 1 atom stereocenters. The van der Waals surface area contributed by atoms with Crippen molar-refractivity contribution in [1.29, 1.82) is 0 Å². The van der Waals surface area contributed by atoms with Gasteiger partial charge in [0.2, 0.25) is 15.7 Å². The van der Waals surface area contributed by atoms with Crippen molar-refractivity contribution >= 4 is 21.7 Å². The Morgan fingerprint density at radius 3 is 2.38 bits per heavy atom. The number of hydrogen-bond donors (Lipinski definition) is 2. The Balaban J connectivity index is 2.51. The molecule has 2 aromatic carbocycles. The van der Waals surface area contributed by atoms with E-state index < -0.39 is 27.8 Å². The predicted molar refractivity (Wildman–Crippen MR) is 93.3 cm³/mol. The van der Waals surface area contributed by atoms with Crippen LogP contribution in [-0.2, 0) is 30.6 Å². The molecule has 0 fully saturated rings. The fourth-order valence-electron chi connectivity index (χ4n) is 2.49. The molecule has 0 unspecified atom stereocenters. The third kappa shape index (κ3) is 4.40. The van der Waals surface area contributed by atoms with Gasteiger partial charge in [0.1, 0.15) is 11.8 Å². The Morgan fingerprint density at radius 2 is 1.81 bits per heavy atom. The van der Waals surface area contributed by atoms with E-state index in [4.69, 9.17) is 0 Å². The maximum absolute atomic E-state index is 12.9. The highest BCUT2D eigenvalue weighted by atomic mass is 32.2. The minimum absolute atomic E-state index is 0.0565. The van der Waals surface area contributed by atoms with Gasteiger partial charge in [-0.15, -0.1) is 0 Å². The van der Waals surface area contributed by atoms with E-state index in [0.717, 1.165) is 6.07 Å². The van der Waals surface area contributed by atoms with Crippen molar-refractivity contribution in [3.63, 3.8) is 0 Å². The van der Waals surface area contributed by atoms with E-state index >= 15 is 0 Å². The second-order valence-corrected chi connectivity index (χ2v) is 7.51. The first kappa shape index (κ1) is 19.5. The SMILES string of the molecule is COC(=O)[C@H](Cc1ccc(O)cc1S(=O)(=O)c1ccccc1)NC(C)=O. The fraction of sp³-hybridized carbons (Fsp3) is 0.222. The van der Waals surface area contributed by atoms with Crippen LogP contribution in [0.2, 0.25) is 0 Å². The summed E-state index contributed by atoms with van der Waals surface area (Å²) in [4.78, 5) is 23.2. The summed E-state index contributed by atoms with van der Waals surface area (Å²) in [6.07, 6.45) is -0.103. The molecule has 0 heterocycles. The molecule has 2 aromatic rings. The van der Waals surface area contributed by atoms with Crippen LogP contribution >= 0.6 is 0 Å². The number of aromatic hydroxyl groups is 1. The van der Waals surface area contributed by atoms with E-state index in [1.165, 1.54) is 38.3 Å². The summed E-state index contributed by atoms with van der Waals surface area (Å²) >= 11 is 0. The number of benzene rings is 2. The number of hydrogen-bond acceptors (Lipinski definition) is 6. The monoisotopic (exact) mass is 377 g/mol. The van der Waals surface area contributed by atoms with E-state index in [1.807, 2.05) is 0 Å². The van der Waals surface area contributed by atoms with E-state index in [0.29, 0.717) is 0 Å². The molecule has 0 saturated heterocycles. The van der Waals surface area contributed by atoms with Gasteiger partial charge in [0, 0.05) is 13.3 Å². The second-order valence-electron chi connectivity index (χ2n) is 5.59. The summed E-state index contributed by atoms with van der Waals surface area (Å²) < 4.78 is 30.5. The summed E-state index contributed by atoms with van der Waals surface area (Å²) in [7, 11) is -2.75. The smallest absolute Gasteiger partial charge is 0.328 e. The summed E-state index contributed by atoms with van der Waals surface area (Å²) in [5, 5.41) is 12.2. The number of esters is 1. The highest BCUT2D eigenvalue weighted by molar-refractivity contribution is 7.91. The third-order valence-corrected chi connectivity index (χ3v) is 5.53. The molecule has 0 aliphatic rings. The number of sulfone groups is 1. The first-order valence-corrected chi connectivity index (χ1v) is 9.21. The largest absolute Gasteiger partial charge is 0.508 e. The van der Waals surface area contributed by atoms with Crippen molar-refractivity contribution in [3.8, 4) is 5.75 Å². The van der Waals surface area contributed by atoms with Crippen LogP contribution in [0.3, 0.4) is 0 Å². The zero-order chi connectivity index (χ0) is 19.3. The lowest BCUT2D eigenvalue weighted by molar-refractivity contribution is -0.144. The molecule has 0 aliphatic carbocycles. The van der Waals surface area contributed by atoms with Gasteiger partial charge in [-0.1, -0.05) is 24.3 Å². The van der Waals surface area contributed by atoms with Crippen LogP contribution in [0.4, 0.5) is 0 Å².